The van der Waals surface area contributed by atoms with Crippen LogP contribution < -0.4 is 5.32 Å². The highest BCUT2D eigenvalue weighted by Crippen LogP contribution is 2.21. The number of halogens is 1. The minimum Gasteiger partial charge on any atom is -0.444 e. The van der Waals surface area contributed by atoms with Crippen molar-refractivity contribution in [3.05, 3.63) is 34.9 Å². The molecule has 0 spiro atoms. The minimum atomic E-state index is -0.571. The summed E-state index contributed by atoms with van der Waals surface area (Å²) in [4.78, 5) is 26.4. The van der Waals surface area contributed by atoms with Crippen LogP contribution in [-0.4, -0.2) is 35.1 Å². The van der Waals surface area contributed by atoms with Crippen LogP contribution in [0.15, 0.2) is 24.3 Å². The van der Waals surface area contributed by atoms with Gasteiger partial charge in [0, 0.05) is 18.1 Å². The van der Waals surface area contributed by atoms with Gasteiger partial charge in [-0.15, -0.1) is 0 Å². The number of nitrogens with zero attached hydrogens (tertiary/aromatic N) is 1. The predicted octanol–water partition coefficient (Wildman–Crippen LogP) is 3.75. The Balaban J connectivity index is 1.97. The first-order valence-electron chi connectivity index (χ1n) is 8.28. The van der Waals surface area contributed by atoms with Crippen LogP contribution in [0.2, 0.25) is 5.02 Å². The molecule has 2 rings (SSSR count). The van der Waals surface area contributed by atoms with E-state index in [1.54, 1.807) is 17.0 Å². The van der Waals surface area contributed by atoms with E-state index in [-0.39, 0.29) is 5.91 Å². The molecule has 1 saturated heterocycles. The minimum absolute atomic E-state index is 0.143. The lowest BCUT2D eigenvalue weighted by atomic mass is 10.0. The summed E-state index contributed by atoms with van der Waals surface area (Å²) >= 11 is 5.86. The lowest BCUT2D eigenvalue weighted by molar-refractivity contribution is -0.127. The molecule has 1 heterocycles. The number of carbonyl (C=O) groups is 2. The summed E-state index contributed by atoms with van der Waals surface area (Å²) in [5, 5.41) is 3.56. The van der Waals surface area contributed by atoms with Crippen molar-refractivity contribution in [3.8, 4) is 0 Å². The molecule has 24 heavy (non-hydrogen) atoms. The fraction of sp³-hybridized carbons (Fsp3) is 0.556. The molecule has 1 aromatic rings. The third-order valence-electron chi connectivity index (χ3n) is 3.81. The van der Waals surface area contributed by atoms with Crippen LogP contribution >= 0.6 is 11.6 Å². The van der Waals surface area contributed by atoms with E-state index in [2.05, 4.69) is 5.32 Å². The Morgan fingerprint density at radius 3 is 2.54 bits per heavy atom. The maximum atomic E-state index is 12.5. The van der Waals surface area contributed by atoms with Crippen molar-refractivity contribution in [3.63, 3.8) is 0 Å². The summed E-state index contributed by atoms with van der Waals surface area (Å²) in [7, 11) is 0. The second-order valence-electron chi connectivity index (χ2n) is 7.03. The number of rotatable bonds is 3. The summed E-state index contributed by atoms with van der Waals surface area (Å²) in [6, 6.07) is 6.85. The van der Waals surface area contributed by atoms with Crippen LogP contribution in [0.3, 0.4) is 0 Å². The number of nitrogens with one attached hydrogen (secondary N) is 1. The molecule has 1 atom stereocenters. The molecular weight excluding hydrogens is 328 g/mol. The molecule has 0 saturated carbocycles. The molecule has 0 aliphatic carbocycles. The SMILES string of the molecule is CC(C)(C)OC(=O)N1CCCC[C@@H]1C(=O)NCc1ccc(Cl)cc1. The summed E-state index contributed by atoms with van der Waals surface area (Å²) in [6.45, 7) is 6.43. The Kier molecular flexibility index (Phi) is 6.10. The third kappa shape index (κ3) is 5.41. The molecule has 0 radical (unpaired) electrons. The Hall–Kier alpha value is -1.75. The zero-order valence-corrected chi connectivity index (χ0v) is 15.2. The van der Waals surface area contributed by atoms with Crippen molar-refractivity contribution in [2.24, 2.45) is 0 Å². The van der Waals surface area contributed by atoms with Crippen LogP contribution in [0.5, 0.6) is 0 Å². The number of piperidine rings is 1. The Bertz CT molecular complexity index is 581. The Morgan fingerprint density at radius 1 is 1.25 bits per heavy atom. The molecule has 132 valence electrons. The number of carbonyl (C=O) groups excluding carboxylic acids is 2. The van der Waals surface area contributed by atoms with Gasteiger partial charge < -0.3 is 10.1 Å². The first-order chi connectivity index (χ1) is 11.3. The van der Waals surface area contributed by atoms with E-state index in [4.69, 9.17) is 16.3 Å². The van der Waals surface area contributed by atoms with E-state index in [0.717, 1.165) is 18.4 Å². The van der Waals surface area contributed by atoms with Gasteiger partial charge >= 0.3 is 6.09 Å². The highest BCUT2D eigenvalue weighted by Gasteiger charge is 2.34. The number of likely N-dealkylation sites (tertiary alicyclic amines) is 1. The molecular formula is C18H25ClN2O3. The molecule has 1 aliphatic heterocycles. The average molecular weight is 353 g/mol. The topological polar surface area (TPSA) is 58.6 Å². The van der Waals surface area contributed by atoms with Gasteiger partial charge in [-0.2, -0.15) is 0 Å². The third-order valence-corrected chi connectivity index (χ3v) is 4.07. The molecule has 1 aliphatic rings. The van der Waals surface area contributed by atoms with Crippen molar-refractivity contribution in [1.82, 2.24) is 10.2 Å². The first kappa shape index (κ1) is 18.6. The van der Waals surface area contributed by atoms with Crippen LogP contribution in [0.4, 0.5) is 4.79 Å². The molecule has 0 unspecified atom stereocenters. The van der Waals surface area contributed by atoms with Crippen LogP contribution in [0, 0.1) is 0 Å². The van der Waals surface area contributed by atoms with Crippen molar-refractivity contribution in [2.45, 2.75) is 58.2 Å². The van der Waals surface area contributed by atoms with Gasteiger partial charge in [-0.25, -0.2) is 4.79 Å². The number of ether oxygens (including phenoxy) is 1. The van der Waals surface area contributed by atoms with Crippen molar-refractivity contribution < 1.29 is 14.3 Å². The van der Waals surface area contributed by atoms with E-state index >= 15 is 0 Å². The van der Waals surface area contributed by atoms with Gasteiger partial charge in [-0.05, 0) is 57.7 Å². The van der Waals surface area contributed by atoms with Crippen molar-refractivity contribution in [1.29, 1.82) is 0 Å². The van der Waals surface area contributed by atoms with E-state index in [0.29, 0.717) is 24.5 Å². The van der Waals surface area contributed by atoms with E-state index < -0.39 is 17.7 Å². The lowest BCUT2D eigenvalue weighted by Gasteiger charge is -2.35. The fourth-order valence-electron chi connectivity index (χ4n) is 2.65. The summed E-state index contributed by atoms with van der Waals surface area (Å²) in [6.07, 6.45) is 2.05. The normalized spacial score (nSPS) is 18.2. The second-order valence-corrected chi connectivity index (χ2v) is 7.47. The molecule has 5 nitrogen and oxygen atoms in total. The highest BCUT2D eigenvalue weighted by molar-refractivity contribution is 6.30. The smallest absolute Gasteiger partial charge is 0.410 e. The standard InChI is InChI=1S/C18H25ClN2O3/c1-18(2,3)24-17(23)21-11-5-4-6-15(21)16(22)20-12-13-7-9-14(19)10-8-13/h7-10,15H,4-6,11-12H2,1-3H3,(H,20,22)/t15-/m1/s1. The quantitative estimate of drug-likeness (QED) is 0.901. The van der Waals surface area contributed by atoms with Crippen LogP contribution in [0.1, 0.15) is 45.6 Å². The van der Waals surface area contributed by atoms with Gasteiger partial charge in [0.05, 0.1) is 0 Å². The largest absolute Gasteiger partial charge is 0.444 e. The number of hydrogen-bond acceptors (Lipinski definition) is 3. The molecule has 2 amide bonds. The fourth-order valence-corrected chi connectivity index (χ4v) is 2.78. The van der Waals surface area contributed by atoms with Crippen molar-refractivity contribution in [2.75, 3.05) is 6.54 Å². The molecule has 0 bridgehead atoms. The Labute approximate surface area is 148 Å². The molecule has 1 aromatic carbocycles. The molecule has 1 fully saturated rings. The molecule has 6 heteroatoms. The van der Waals surface area contributed by atoms with E-state index in [9.17, 15) is 9.59 Å². The van der Waals surface area contributed by atoms with Gasteiger partial charge in [-0.1, -0.05) is 23.7 Å². The van der Waals surface area contributed by atoms with Gasteiger partial charge in [0.15, 0.2) is 0 Å². The summed E-state index contributed by atoms with van der Waals surface area (Å²) in [5.41, 5.74) is 0.395. The highest BCUT2D eigenvalue weighted by atomic mass is 35.5. The average Bonchev–Trinajstić information content (AvgIpc) is 2.52. The monoisotopic (exact) mass is 352 g/mol. The van der Waals surface area contributed by atoms with Gasteiger partial charge in [0.25, 0.3) is 0 Å². The van der Waals surface area contributed by atoms with Crippen LogP contribution in [0.25, 0.3) is 0 Å². The van der Waals surface area contributed by atoms with Gasteiger partial charge in [0.1, 0.15) is 11.6 Å². The zero-order chi connectivity index (χ0) is 17.7. The lowest BCUT2D eigenvalue weighted by Crippen LogP contribution is -2.52. The molecule has 1 N–H and O–H groups in total. The van der Waals surface area contributed by atoms with E-state index in [1.807, 2.05) is 32.9 Å². The number of benzene rings is 1. The van der Waals surface area contributed by atoms with Gasteiger partial charge in [0.2, 0.25) is 5.91 Å². The first-order valence-corrected chi connectivity index (χ1v) is 8.66. The molecule has 0 aromatic heterocycles. The van der Waals surface area contributed by atoms with Crippen LogP contribution in [-0.2, 0) is 16.1 Å². The number of hydrogen-bond donors (Lipinski definition) is 1. The van der Waals surface area contributed by atoms with Crippen molar-refractivity contribution >= 4 is 23.6 Å². The van der Waals surface area contributed by atoms with E-state index in [1.165, 1.54) is 0 Å². The Morgan fingerprint density at radius 2 is 1.92 bits per heavy atom. The number of amides is 2. The summed E-state index contributed by atoms with van der Waals surface area (Å²) < 4.78 is 5.43. The summed E-state index contributed by atoms with van der Waals surface area (Å²) in [5.74, 6) is -0.143. The predicted molar refractivity (Wildman–Crippen MR) is 93.9 cm³/mol. The maximum absolute atomic E-state index is 12.5. The second kappa shape index (κ2) is 7.88. The zero-order valence-electron chi connectivity index (χ0n) is 14.5. The van der Waals surface area contributed by atoms with Gasteiger partial charge in [-0.3, -0.25) is 9.69 Å². The maximum Gasteiger partial charge on any atom is 0.410 e.